The van der Waals surface area contributed by atoms with Crippen LogP contribution in [0.5, 0.6) is 0 Å². The quantitative estimate of drug-likeness (QED) is 0.777. The second-order valence-electron chi connectivity index (χ2n) is 4.29. The maximum Gasteiger partial charge on any atom is -0.00744 e. The lowest BCUT2D eigenvalue weighted by molar-refractivity contribution is 0.456. The van der Waals surface area contributed by atoms with Crippen LogP contribution < -0.4 is 5.73 Å². The lowest BCUT2D eigenvalue weighted by Crippen LogP contribution is -2.11. The number of nitrogens with two attached hydrogens (primary N) is 1. The Morgan fingerprint density at radius 2 is 1.93 bits per heavy atom. The molecule has 1 aliphatic carbocycles. The van der Waals surface area contributed by atoms with Crippen LogP contribution in [0.4, 0.5) is 0 Å². The Hall–Kier alpha value is -0.820. The summed E-state index contributed by atoms with van der Waals surface area (Å²) in [5.74, 6) is 1.61. The fourth-order valence-electron chi connectivity index (χ4n) is 2.74. The Bertz CT molecular complexity index is 268. The lowest BCUT2D eigenvalue weighted by Gasteiger charge is -2.19. The maximum atomic E-state index is 5.65. The Balaban J connectivity index is 2.10. The molecule has 14 heavy (non-hydrogen) atoms. The summed E-state index contributed by atoms with van der Waals surface area (Å²) in [6, 6.07) is 10.9. The van der Waals surface area contributed by atoms with Gasteiger partial charge in [0.25, 0.3) is 0 Å². The first kappa shape index (κ1) is 9.72. The Labute approximate surface area is 86.3 Å². The summed E-state index contributed by atoms with van der Waals surface area (Å²) >= 11 is 0. The smallest absolute Gasteiger partial charge is 0.00744 e. The molecule has 1 aliphatic rings. The average molecular weight is 189 g/mol. The van der Waals surface area contributed by atoms with Gasteiger partial charge < -0.3 is 5.73 Å². The largest absolute Gasteiger partial charge is 0.330 e. The minimum atomic E-state index is 0.778. The number of hydrogen-bond donors (Lipinski definition) is 1. The van der Waals surface area contributed by atoms with E-state index in [-0.39, 0.29) is 0 Å². The third-order valence-electron chi connectivity index (χ3n) is 3.42. The summed E-state index contributed by atoms with van der Waals surface area (Å²) in [6.45, 7) is 0.841. The van der Waals surface area contributed by atoms with E-state index in [1.165, 1.54) is 31.2 Å². The molecule has 2 N–H and O–H groups in total. The molecular formula is C13H19N. The van der Waals surface area contributed by atoms with E-state index in [1.54, 1.807) is 0 Å². The van der Waals surface area contributed by atoms with E-state index in [0.29, 0.717) is 0 Å². The molecule has 1 nitrogen and oxygen atoms in total. The van der Waals surface area contributed by atoms with Gasteiger partial charge in [0.05, 0.1) is 0 Å². The molecule has 1 aromatic carbocycles. The van der Waals surface area contributed by atoms with Crippen LogP contribution >= 0.6 is 0 Å². The molecule has 2 rings (SSSR count). The van der Waals surface area contributed by atoms with Crippen LogP contribution in [0.2, 0.25) is 0 Å². The van der Waals surface area contributed by atoms with Crippen molar-refractivity contribution in [3.63, 3.8) is 0 Å². The number of hydrogen-bond acceptors (Lipinski definition) is 1. The third kappa shape index (κ3) is 1.98. The van der Waals surface area contributed by atoms with Gasteiger partial charge in [-0.05, 0) is 43.2 Å². The van der Waals surface area contributed by atoms with Gasteiger partial charge in [-0.1, -0.05) is 36.8 Å². The molecule has 0 bridgehead atoms. The van der Waals surface area contributed by atoms with E-state index in [4.69, 9.17) is 5.73 Å². The van der Waals surface area contributed by atoms with Crippen molar-refractivity contribution in [1.82, 2.24) is 0 Å². The zero-order valence-electron chi connectivity index (χ0n) is 8.65. The van der Waals surface area contributed by atoms with E-state index in [9.17, 15) is 0 Å². The van der Waals surface area contributed by atoms with E-state index in [0.717, 1.165) is 18.4 Å². The second kappa shape index (κ2) is 4.61. The van der Waals surface area contributed by atoms with Crippen molar-refractivity contribution in [2.75, 3.05) is 6.54 Å². The summed E-state index contributed by atoms with van der Waals surface area (Å²) in [6.07, 6.45) is 5.30. The highest BCUT2D eigenvalue weighted by Gasteiger charge is 2.27. The van der Waals surface area contributed by atoms with Crippen LogP contribution in [0.15, 0.2) is 30.3 Å². The van der Waals surface area contributed by atoms with Crippen molar-refractivity contribution in [2.45, 2.75) is 31.6 Å². The molecule has 1 heteroatoms. The summed E-state index contributed by atoms with van der Waals surface area (Å²) in [4.78, 5) is 0. The lowest BCUT2D eigenvalue weighted by atomic mass is 9.87. The van der Waals surface area contributed by atoms with Crippen LogP contribution in [0.1, 0.15) is 37.2 Å². The van der Waals surface area contributed by atoms with E-state index in [1.807, 2.05) is 0 Å². The average Bonchev–Trinajstić information content (AvgIpc) is 2.68. The summed E-state index contributed by atoms with van der Waals surface area (Å²) < 4.78 is 0. The van der Waals surface area contributed by atoms with Gasteiger partial charge >= 0.3 is 0 Å². The molecular weight excluding hydrogens is 170 g/mol. The van der Waals surface area contributed by atoms with Crippen LogP contribution in [0, 0.1) is 5.92 Å². The summed E-state index contributed by atoms with van der Waals surface area (Å²) in [5, 5.41) is 0. The molecule has 1 saturated carbocycles. The minimum Gasteiger partial charge on any atom is -0.330 e. The molecule has 0 heterocycles. The summed E-state index contributed by atoms with van der Waals surface area (Å²) in [7, 11) is 0. The first-order chi connectivity index (χ1) is 6.92. The SMILES string of the molecule is NCCC1CCCC1c1ccccc1. The van der Waals surface area contributed by atoms with Crippen molar-refractivity contribution >= 4 is 0 Å². The van der Waals surface area contributed by atoms with Crippen LogP contribution in [0.3, 0.4) is 0 Å². The van der Waals surface area contributed by atoms with Crippen molar-refractivity contribution in [1.29, 1.82) is 0 Å². The van der Waals surface area contributed by atoms with Gasteiger partial charge in [-0.25, -0.2) is 0 Å². The molecule has 0 aliphatic heterocycles. The normalized spacial score (nSPS) is 26.6. The summed E-state index contributed by atoms with van der Waals surface area (Å²) in [5.41, 5.74) is 7.17. The van der Waals surface area contributed by atoms with Crippen molar-refractivity contribution in [3.8, 4) is 0 Å². The van der Waals surface area contributed by atoms with Crippen molar-refractivity contribution in [3.05, 3.63) is 35.9 Å². The standard InChI is InChI=1S/C13H19N/c14-10-9-12-7-4-8-13(12)11-5-2-1-3-6-11/h1-3,5-6,12-13H,4,7-10,14H2. The monoisotopic (exact) mass is 189 g/mol. The molecule has 1 aromatic rings. The second-order valence-corrected chi connectivity index (χ2v) is 4.29. The molecule has 1 fully saturated rings. The Morgan fingerprint density at radius 1 is 1.14 bits per heavy atom. The predicted molar refractivity (Wildman–Crippen MR) is 60.2 cm³/mol. The van der Waals surface area contributed by atoms with Gasteiger partial charge in [0.1, 0.15) is 0 Å². The highest BCUT2D eigenvalue weighted by atomic mass is 14.5. The molecule has 2 atom stereocenters. The van der Waals surface area contributed by atoms with Crippen LogP contribution in [-0.2, 0) is 0 Å². The van der Waals surface area contributed by atoms with Gasteiger partial charge in [0, 0.05) is 0 Å². The fraction of sp³-hybridized carbons (Fsp3) is 0.538. The topological polar surface area (TPSA) is 26.0 Å². The van der Waals surface area contributed by atoms with Crippen molar-refractivity contribution in [2.24, 2.45) is 11.7 Å². The van der Waals surface area contributed by atoms with E-state index in [2.05, 4.69) is 30.3 Å². The maximum absolute atomic E-state index is 5.65. The van der Waals surface area contributed by atoms with E-state index >= 15 is 0 Å². The number of benzene rings is 1. The molecule has 76 valence electrons. The fourth-order valence-corrected chi connectivity index (χ4v) is 2.74. The molecule has 0 amide bonds. The minimum absolute atomic E-state index is 0.778. The molecule has 0 spiro atoms. The first-order valence-electron chi connectivity index (χ1n) is 5.67. The van der Waals surface area contributed by atoms with Crippen LogP contribution in [0.25, 0.3) is 0 Å². The van der Waals surface area contributed by atoms with Gasteiger partial charge in [-0.2, -0.15) is 0 Å². The van der Waals surface area contributed by atoms with Gasteiger partial charge in [0.2, 0.25) is 0 Å². The molecule has 0 radical (unpaired) electrons. The van der Waals surface area contributed by atoms with Crippen LogP contribution in [-0.4, -0.2) is 6.54 Å². The predicted octanol–water partition coefficient (Wildman–Crippen LogP) is 2.92. The molecule has 0 aromatic heterocycles. The zero-order chi connectivity index (χ0) is 9.80. The van der Waals surface area contributed by atoms with Crippen molar-refractivity contribution < 1.29 is 0 Å². The Kier molecular flexibility index (Phi) is 3.20. The zero-order valence-corrected chi connectivity index (χ0v) is 8.65. The number of rotatable bonds is 3. The van der Waals surface area contributed by atoms with Gasteiger partial charge in [0.15, 0.2) is 0 Å². The molecule has 0 saturated heterocycles. The Morgan fingerprint density at radius 3 is 2.64 bits per heavy atom. The first-order valence-corrected chi connectivity index (χ1v) is 5.67. The third-order valence-corrected chi connectivity index (χ3v) is 3.42. The molecule has 2 unspecified atom stereocenters. The van der Waals surface area contributed by atoms with Gasteiger partial charge in [-0.15, -0.1) is 0 Å². The van der Waals surface area contributed by atoms with Gasteiger partial charge in [-0.3, -0.25) is 0 Å². The highest BCUT2D eigenvalue weighted by molar-refractivity contribution is 5.21. The highest BCUT2D eigenvalue weighted by Crippen LogP contribution is 2.40. The van der Waals surface area contributed by atoms with E-state index < -0.39 is 0 Å².